The van der Waals surface area contributed by atoms with Gasteiger partial charge < -0.3 is 4.74 Å². The topological polar surface area (TPSA) is 46.6 Å². The van der Waals surface area contributed by atoms with Crippen LogP contribution in [0.25, 0.3) is 0 Å². The van der Waals surface area contributed by atoms with Gasteiger partial charge in [-0.25, -0.2) is 9.18 Å². The van der Waals surface area contributed by atoms with Gasteiger partial charge in [-0.05, 0) is 52.8 Å². The number of carbonyl (C=O) groups excluding carboxylic acids is 2. The third-order valence-corrected chi connectivity index (χ3v) is 3.14. The molecule has 0 unspecified atom stereocenters. The van der Waals surface area contributed by atoms with Gasteiger partial charge in [0, 0.05) is 5.56 Å². The number of ether oxygens (including phenoxy) is 1. The lowest BCUT2D eigenvalue weighted by Crippen LogP contribution is -2.50. The van der Waals surface area contributed by atoms with Crippen LogP contribution in [-0.2, 0) is 4.74 Å². The van der Waals surface area contributed by atoms with Crippen molar-refractivity contribution in [1.29, 1.82) is 0 Å². The normalized spacial score (nSPS) is 17.1. The Bertz CT molecular complexity index is 587. The van der Waals surface area contributed by atoms with Crippen LogP contribution in [0.2, 0.25) is 0 Å². The highest BCUT2D eigenvalue weighted by molar-refractivity contribution is 6.19. The second kappa shape index (κ2) is 4.30. The Morgan fingerprint density at radius 3 is 2.45 bits per heavy atom. The van der Waals surface area contributed by atoms with Gasteiger partial charge in [0.05, 0.1) is 5.69 Å². The molecule has 1 aliphatic rings. The SMILES string of the molecule is CC(C)(C)OC(=O)N1c2cc(F)ccc2C(=O)C1(C)C. The van der Waals surface area contributed by atoms with E-state index in [1.807, 2.05) is 0 Å². The number of hydrogen-bond acceptors (Lipinski definition) is 3. The van der Waals surface area contributed by atoms with Gasteiger partial charge in [0.25, 0.3) is 0 Å². The van der Waals surface area contributed by atoms with Gasteiger partial charge in [0.1, 0.15) is 17.0 Å². The minimum absolute atomic E-state index is 0.224. The quantitative estimate of drug-likeness (QED) is 0.729. The van der Waals surface area contributed by atoms with Crippen molar-refractivity contribution >= 4 is 17.6 Å². The molecule has 0 radical (unpaired) electrons. The number of carbonyl (C=O) groups is 2. The van der Waals surface area contributed by atoms with Crippen LogP contribution in [0, 0.1) is 5.82 Å². The first-order valence-corrected chi connectivity index (χ1v) is 6.41. The summed E-state index contributed by atoms with van der Waals surface area (Å²) in [5.74, 6) is -0.721. The molecule has 0 spiro atoms. The number of Topliss-reactive ketones (excluding diaryl/α,β-unsaturated/α-hetero) is 1. The van der Waals surface area contributed by atoms with Crippen molar-refractivity contribution in [3.05, 3.63) is 29.6 Å². The number of rotatable bonds is 0. The van der Waals surface area contributed by atoms with Crippen LogP contribution in [-0.4, -0.2) is 23.0 Å². The lowest BCUT2D eigenvalue weighted by Gasteiger charge is -2.32. The van der Waals surface area contributed by atoms with Crippen LogP contribution in [0.4, 0.5) is 14.9 Å². The van der Waals surface area contributed by atoms with E-state index in [0.717, 1.165) is 0 Å². The molecule has 0 bridgehead atoms. The zero-order valence-corrected chi connectivity index (χ0v) is 12.3. The van der Waals surface area contributed by atoms with Crippen LogP contribution < -0.4 is 4.90 Å². The Morgan fingerprint density at radius 1 is 1.30 bits per heavy atom. The number of fused-ring (bicyclic) bond motifs is 1. The molecule has 108 valence electrons. The number of hydrogen-bond donors (Lipinski definition) is 0. The van der Waals surface area contributed by atoms with Crippen LogP contribution in [0.5, 0.6) is 0 Å². The first-order valence-electron chi connectivity index (χ1n) is 6.41. The van der Waals surface area contributed by atoms with Gasteiger partial charge in [-0.3, -0.25) is 9.69 Å². The van der Waals surface area contributed by atoms with E-state index in [9.17, 15) is 14.0 Å². The second-order valence-electron chi connectivity index (χ2n) is 6.37. The van der Waals surface area contributed by atoms with E-state index in [4.69, 9.17) is 4.74 Å². The first-order chi connectivity index (χ1) is 9.04. The van der Waals surface area contributed by atoms with E-state index >= 15 is 0 Å². The lowest BCUT2D eigenvalue weighted by atomic mass is 9.98. The third kappa shape index (κ3) is 2.28. The largest absolute Gasteiger partial charge is 0.443 e. The third-order valence-electron chi connectivity index (χ3n) is 3.14. The van der Waals surface area contributed by atoms with Crippen LogP contribution >= 0.6 is 0 Å². The summed E-state index contributed by atoms with van der Waals surface area (Å²) < 4.78 is 18.7. The average Bonchev–Trinajstić information content (AvgIpc) is 2.43. The molecule has 4 nitrogen and oxygen atoms in total. The highest BCUT2D eigenvalue weighted by Crippen LogP contribution is 2.39. The molecule has 0 saturated carbocycles. The molecular weight excluding hydrogens is 261 g/mol. The number of halogens is 1. The fraction of sp³-hybridized carbons (Fsp3) is 0.467. The summed E-state index contributed by atoms with van der Waals surface area (Å²) in [7, 11) is 0. The number of benzene rings is 1. The summed E-state index contributed by atoms with van der Waals surface area (Å²) in [6, 6.07) is 3.80. The predicted molar refractivity (Wildman–Crippen MR) is 73.5 cm³/mol. The fourth-order valence-corrected chi connectivity index (χ4v) is 2.25. The molecule has 1 heterocycles. The van der Waals surface area contributed by atoms with E-state index in [0.29, 0.717) is 5.56 Å². The average molecular weight is 279 g/mol. The van der Waals surface area contributed by atoms with Gasteiger partial charge in [-0.15, -0.1) is 0 Å². The zero-order chi connectivity index (χ0) is 15.3. The fourth-order valence-electron chi connectivity index (χ4n) is 2.25. The molecule has 1 amide bonds. The maximum atomic E-state index is 13.4. The highest BCUT2D eigenvalue weighted by atomic mass is 19.1. The molecule has 0 aromatic heterocycles. The standard InChI is InChI=1S/C15H18FNO3/c1-14(2,3)20-13(19)17-11-8-9(16)6-7-10(11)12(18)15(17,4)5/h6-8H,1-5H3. The predicted octanol–water partition coefficient (Wildman–Crippen LogP) is 3.54. The smallest absolute Gasteiger partial charge is 0.415 e. The molecule has 0 aliphatic carbocycles. The molecule has 1 aromatic carbocycles. The minimum Gasteiger partial charge on any atom is -0.443 e. The minimum atomic E-state index is -1.08. The maximum Gasteiger partial charge on any atom is 0.415 e. The van der Waals surface area contributed by atoms with Crippen LogP contribution in [0.3, 0.4) is 0 Å². The van der Waals surface area contributed by atoms with E-state index in [1.54, 1.807) is 34.6 Å². The van der Waals surface area contributed by atoms with Gasteiger partial charge >= 0.3 is 6.09 Å². The molecule has 0 N–H and O–H groups in total. The molecule has 2 rings (SSSR count). The van der Waals surface area contributed by atoms with Crippen molar-refractivity contribution in [3.8, 4) is 0 Å². The Kier molecular flexibility index (Phi) is 3.11. The van der Waals surface area contributed by atoms with Crippen molar-refractivity contribution in [1.82, 2.24) is 0 Å². The number of amides is 1. The molecule has 0 atom stereocenters. The summed E-state index contributed by atoms with van der Waals surface area (Å²) in [6.07, 6.45) is -0.653. The van der Waals surface area contributed by atoms with Gasteiger partial charge in [0.15, 0.2) is 5.78 Å². The zero-order valence-electron chi connectivity index (χ0n) is 12.3. The monoisotopic (exact) mass is 279 g/mol. The lowest BCUT2D eigenvalue weighted by molar-refractivity contribution is 0.0538. The van der Waals surface area contributed by atoms with Crippen molar-refractivity contribution in [2.45, 2.75) is 45.8 Å². The molecular formula is C15H18FNO3. The number of nitrogens with zero attached hydrogens (tertiary/aromatic N) is 1. The van der Waals surface area contributed by atoms with Gasteiger partial charge in [0.2, 0.25) is 0 Å². The van der Waals surface area contributed by atoms with Crippen LogP contribution in [0.1, 0.15) is 45.0 Å². The van der Waals surface area contributed by atoms with E-state index in [1.165, 1.54) is 23.1 Å². The molecule has 20 heavy (non-hydrogen) atoms. The maximum absolute atomic E-state index is 13.4. The Morgan fingerprint density at radius 2 is 1.90 bits per heavy atom. The van der Waals surface area contributed by atoms with E-state index in [2.05, 4.69) is 0 Å². The summed E-state index contributed by atoms with van der Waals surface area (Å²) in [6.45, 7) is 8.46. The van der Waals surface area contributed by atoms with Gasteiger partial charge in [-0.1, -0.05) is 0 Å². The summed E-state index contributed by atoms with van der Waals surface area (Å²) in [5.41, 5.74) is -1.18. The van der Waals surface area contributed by atoms with Crippen molar-refractivity contribution in [2.75, 3.05) is 4.90 Å². The van der Waals surface area contributed by atoms with Gasteiger partial charge in [-0.2, -0.15) is 0 Å². The Labute approximate surface area is 117 Å². The number of anilines is 1. The summed E-state index contributed by atoms with van der Waals surface area (Å²) >= 11 is 0. The molecule has 0 saturated heterocycles. The molecule has 1 aromatic rings. The summed E-state index contributed by atoms with van der Waals surface area (Å²) in [5, 5.41) is 0. The van der Waals surface area contributed by atoms with Crippen LogP contribution in [0.15, 0.2) is 18.2 Å². The molecule has 5 heteroatoms. The van der Waals surface area contributed by atoms with Crippen molar-refractivity contribution in [3.63, 3.8) is 0 Å². The molecule has 0 fully saturated rings. The van der Waals surface area contributed by atoms with Crippen molar-refractivity contribution < 1.29 is 18.7 Å². The van der Waals surface area contributed by atoms with E-state index in [-0.39, 0.29) is 11.5 Å². The van der Waals surface area contributed by atoms with E-state index < -0.39 is 23.1 Å². The second-order valence-corrected chi connectivity index (χ2v) is 6.37. The van der Waals surface area contributed by atoms with Crippen molar-refractivity contribution in [2.24, 2.45) is 0 Å². The molecule has 1 aliphatic heterocycles. The Balaban J connectivity index is 2.50. The number of ketones is 1. The summed E-state index contributed by atoms with van der Waals surface area (Å²) in [4.78, 5) is 25.9. The highest BCUT2D eigenvalue weighted by Gasteiger charge is 2.48. The Hall–Kier alpha value is -1.91. The first kappa shape index (κ1) is 14.5.